The summed E-state index contributed by atoms with van der Waals surface area (Å²) in [4.78, 5) is 0.337. The molecule has 1 fully saturated rings. The highest BCUT2D eigenvalue weighted by atomic mass is 32.2. The van der Waals surface area contributed by atoms with Crippen molar-refractivity contribution in [3.8, 4) is 0 Å². The number of nitrogens with one attached hydrogen (secondary N) is 1. The monoisotopic (exact) mass is 283 g/mol. The maximum absolute atomic E-state index is 12.2. The highest BCUT2D eigenvalue weighted by molar-refractivity contribution is 7.90. The molecule has 0 saturated heterocycles. The van der Waals surface area contributed by atoms with Crippen LogP contribution in [0.2, 0.25) is 0 Å². The highest BCUT2D eigenvalue weighted by Gasteiger charge is 2.32. The summed E-state index contributed by atoms with van der Waals surface area (Å²) < 4.78 is 28.1. The number of thiophene rings is 1. The van der Waals surface area contributed by atoms with Gasteiger partial charge in [-0.3, -0.25) is 0 Å². The fourth-order valence-electron chi connectivity index (χ4n) is 2.13. The molecule has 0 atom stereocenters. The van der Waals surface area contributed by atoms with E-state index in [1.54, 1.807) is 5.38 Å². The molecule has 2 aromatic rings. The molecule has 1 aromatic heterocycles. The summed E-state index contributed by atoms with van der Waals surface area (Å²) in [7, 11) is -3.48. The number of fused-ring (bicyclic) bond motifs is 1. The van der Waals surface area contributed by atoms with E-state index in [-0.39, 0.29) is 12.1 Å². The first-order chi connectivity index (χ1) is 8.56. The van der Waals surface area contributed by atoms with Gasteiger partial charge in [0.05, 0.1) is 6.10 Å². The molecule has 0 amide bonds. The van der Waals surface area contributed by atoms with E-state index in [2.05, 4.69) is 4.72 Å². The second-order valence-corrected chi connectivity index (χ2v) is 7.13. The fraction of sp³-hybridized carbons (Fsp3) is 0.333. The van der Waals surface area contributed by atoms with E-state index in [0.717, 1.165) is 10.1 Å². The Hall–Kier alpha value is -0.950. The van der Waals surface area contributed by atoms with Gasteiger partial charge in [0.1, 0.15) is 4.90 Å². The SMILES string of the molecule is O=S(=O)(NC1CC(O)C1)c1csc2ccccc12. The number of sulfonamides is 1. The van der Waals surface area contributed by atoms with Crippen LogP contribution in [0.5, 0.6) is 0 Å². The van der Waals surface area contributed by atoms with Gasteiger partial charge < -0.3 is 5.11 Å². The van der Waals surface area contributed by atoms with Crippen molar-refractivity contribution in [1.82, 2.24) is 4.72 Å². The summed E-state index contributed by atoms with van der Waals surface area (Å²) >= 11 is 1.43. The molecule has 0 bridgehead atoms. The Bertz CT molecular complexity index is 671. The lowest BCUT2D eigenvalue weighted by Gasteiger charge is -2.31. The van der Waals surface area contributed by atoms with Gasteiger partial charge in [0.25, 0.3) is 0 Å². The Labute approximate surface area is 109 Å². The van der Waals surface area contributed by atoms with Crippen LogP contribution in [0.1, 0.15) is 12.8 Å². The predicted octanol–water partition coefficient (Wildman–Crippen LogP) is 1.70. The van der Waals surface area contributed by atoms with Crippen LogP contribution >= 0.6 is 11.3 Å². The number of aliphatic hydroxyl groups is 1. The van der Waals surface area contributed by atoms with E-state index >= 15 is 0 Å². The summed E-state index contributed by atoms with van der Waals surface area (Å²) in [6, 6.07) is 7.32. The topological polar surface area (TPSA) is 66.4 Å². The van der Waals surface area contributed by atoms with Crippen LogP contribution < -0.4 is 4.72 Å². The smallest absolute Gasteiger partial charge is 0.242 e. The van der Waals surface area contributed by atoms with Gasteiger partial charge in [-0.1, -0.05) is 18.2 Å². The molecule has 96 valence electrons. The van der Waals surface area contributed by atoms with Crippen molar-refractivity contribution in [2.45, 2.75) is 29.9 Å². The Morgan fingerprint density at radius 3 is 2.72 bits per heavy atom. The zero-order valence-electron chi connectivity index (χ0n) is 9.54. The standard InChI is InChI=1S/C12H13NO3S2/c14-9-5-8(6-9)13-18(15,16)12-7-17-11-4-2-1-3-10(11)12/h1-4,7-9,13-14H,5-6H2. The average Bonchev–Trinajstić information content (AvgIpc) is 2.71. The van der Waals surface area contributed by atoms with Crippen LogP contribution in [-0.4, -0.2) is 25.7 Å². The Balaban J connectivity index is 1.93. The second-order valence-electron chi connectivity index (χ2n) is 4.54. The van der Waals surface area contributed by atoms with Crippen molar-refractivity contribution in [3.63, 3.8) is 0 Å². The van der Waals surface area contributed by atoms with E-state index in [1.807, 2.05) is 24.3 Å². The molecule has 4 nitrogen and oxygen atoms in total. The van der Waals surface area contributed by atoms with Crippen molar-refractivity contribution < 1.29 is 13.5 Å². The lowest BCUT2D eigenvalue weighted by atomic mass is 9.91. The third-order valence-electron chi connectivity index (χ3n) is 3.17. The van der Waals surface area contributed by atoms with Gasteiger partial charge in [-0.2, -0.15) is 0 Å². The molecule has 3 rings (SSSR count). The molecular weight excluding hydrogens is 270 g/mol. The van der Waals surface area contributed by atoms with Gasteiger partial charge in [-0.15, -0.1) is 11.3 Å². The third-order valence-corrected chi connectivity index (χ3v) is 5.84. The first kappa shape index (κ1) is 12.1. The van der Waals surface area contributed by atoms with Crippen molar-refractivity contribution >= 4 is 31.4 Å². The molecule has 0 radical (unpaired) electrons. The van der Waals surface area contributed by atoms with E-state index in [4.69, 9.17) is 0 Å². The van der Waals surface area contributed by atoms with Gasteiger partial charge >= 0.3 is 0 Å². The first-order valence-electron chi connectivity index (χ1n) is 5.73. The summed E-state index contributed by atoms with van der Waals surface area (Å²) in [5.74, 6) is 0. The molecule has 6 heteroatoms. The summed E-state index contributed by atoms with van der Waals surface area (Å²) in [5.41, 5.74) is 0. The van der Waals surface area contributed by atoms with E-state index in [1.165, 1.54) is 11.3 Å². The summed E-state index contributed by atoms with van der Waals surface area (Å²) in [6.07, 6.45) is 0.639. The molecule has 18 heavy (non-hydrogen) atoms. The van der Waals surface area contributed by atoms with Crippen LogP contribution in [0.4, 0.5) is 0 Å². The third kappa shape index (κ3) is 2.05. The summed E-state index contributed by atoms with van der Waals surface area (Å²) in [5, 5.41) is 11.6. The first-order valence-corrected chi connectivity index (χ1v) is 8.09. The van der Waals surface area contributed by atoms with Crippen molar-refractivity contribution in [1.29, 1.82) is 0 Å². The number of rotatable bonds is 3. The van der Waals surface area contributed by atoms with Gasteiger partial charge in [0, 0.05) is 21.5 Å². The number of hydrogen-bond acceptors (Lipinski definition) is 4. The highest BCUT2D eigenvalue weighted by Crippen LogP contribution is 2.30. The number of hydrogen-bond donors (Lipinski definition) is 2. The molecule has 1 saturated carbocycles. The zero-order chi connectivity index (χ0) is 12.8. The van der Waals surface area contributed by atoms with Gasteiger partial charge in [-0.05, 0) is 18.9 Å². The van der Waals surface area contributed by atoms with E-state index in [0.29, 0.717) is 17.7 Å². The summed E-state index contributed by atoms with van der Waals surface area (Å²) in [6.45, 7) is 0. The second kappa shape index (κ2) is 4.31. The Morgan fingerprint density at radius 2 is 2.00 bits per heavy atom. The van der Waals surface area contributed by atoms with E-state index in [9.17, 15) is 13.5 Å². The number of benzene rings is 1. The molecule has 1 aliphatic rings. The van der Waals surface area contributed by atoms with Crippen LogP contribution in [0, 0.1) is 0 Å². The largest absolute Gasteiger partial charge is 0.393 e. The van der Waals surface area contributed by atoms with Crippen LogP contribution in [0.25, 0.3) is 10.1 Å². The normalized spacial score (nSPS) is 24.1. The molecule has 1 heterocycles. The van der Waals surface area contributed by atoms with Crippen LogP contribution in [0.3, 0.4) is 0 Å². The lowest BCUT2D eigenvalue weighted by molar-refractivity contribution is 0.0712. The molecular formula is C12H13NO3S2. The minimum Gasteiger partial charge on any atom is -0.393 e. The van der Waals surface area contributed by atoms with Crippen molar-refractivity contribution in [2.24, 2.45) is 0 Å². The molecule has 0 spiro atoms. The van der Waals surface area contributed by atoms with Gasteiger partial charge in [0.15, 0.2) is 0 Å². The molecule has 2 N–H and O–H groups in total. The van der Waals surface area contributed by atoms with Crippen LogP contribution in [-0.2, 0) is 10.0 Å². The molecule has 1 aliphatic carbocycles. The molecule has 1 aromatic carbocycles. The lowest BCUT2D eigenvalue weighted by Crippen LogP contribution is -2.46. The Morgan fingerprint density at radius 1 is 1.28 bits per heavy atom. The van der Waals surface area contributed by atoms with Crippen molar-refractivity contribution in [3.05, 3.63) is 29.6 Å². The molecule has 0 unspecified atom stereocenters. The average molecular weight is 283 g/mol. The van der Waals surface area contributed by atoms with E-state index < -0.39 is 10.0 Å². The quantitative estimate of drug-likeness (QED) is 0.901. The Kier molecular flexibility index (Phi) is 2.90. The molecule has 0 aliphatic heterocycles. The van der Waals surface area contributed by atoms with Crippen molar-refractivity contribution in [2.75, 3.05) is 0 Å². The van der Waals surface area contributed by atoms with Gasteiger partial charge in [0.2, 0.25) is 10.0 Å². The number of aliphatic hydroxyl groups excluding tert-OH is 1. The minimum absolute atomic E-state index is 0.135. The maximum Gasteiger partial charge on any atom is 0.242 e. The minimum atomic E-state index is -3.48. The zero-order valence-corrected chi connectivity index (χ0v) is 11.2. The maximum atomic E-state index is 12.2. The predicted molar refractivity (Wildman–Crippen MR) is 71.2 cm³/mol. The fourth-order valence-corrected chi connectivity index (χ4v) is 4.89. The van der Waals surface area contributed by atoms with Gasteiger partial charge in [-0.25, -0.2) is 13.1 Å². The van der Waals surface area contributed by atoms with Crippen LogP contribution in [0.15, 0.2) is 34.5 Å².